The highest BCUT2D eigenvalue weighted by atomic mass is 32.2. The van der Waals surface area contributed by atoms with Crippen LogP contribution in [0.2, 0.25) is 0 Å². The number of anilines is 1. The molecule has 0 aliphatic carbocycles. The number of nitrogens with zero attached hydrogens (tertiary/aromatic N) is 3. The van der Waals surface area contributed by atoms with Gasteiger partial charge in [0.05, 0.1) is 19.8 Å². The van der Waals surface area contributed by atoms with E-state index < -0.39 is 12.0 Å². The smallest absolute Gasteiger partial charge is 0.338 e. The Labute approximate surface area is 228 Å². The number of carbonyl (C=O) groups is 1. The molecule has 0 saturated heterocycles. The number of benzene rings is 2. The number of aromatic nitrogens is 3. The van der Waals surface area contributed by atoms with Gasteiger partial charge in [0.2, 0.25) is 11.1 Å². The molecule has 1 unspecified atom stereocenters. The normalized spacial score (nSPS) is 15.1. The lowest BCUT2D eigenvalue weighted by atomic mass is 9.87. The SMILES string of the molecule is CCCSc1nc2n(n1)C(c1ccc(OCc3ccc(C(C)(C)C)cc3)c(OC)c1)C(C(=O)OC)=C(C)N2. The van der Waals surface area contributed by atoms with Crippen LogP contribution >= 0.6 is 11.8 Å². The fraction of sp³-hybridized carbons (Fsp3) is 0.414. The van der Waals surface area contributed by atoms with Crippen molar-refractivity contribution < 1.29 is 19.0 Å². The molecule has 1 aromatic heterocycles. The third kappa shape index (κ3) is 5.83. The Balaban J connectivity index is 1.64. The number of ether oxygens (including phenoxy) is 3. The van der Waals surface area contributed by atoms with E-state index in [1.165, 1.54) is 12.7 Å². The van der Waals surface area contributed by atoms with Crippen LogP contribution in [0.25, 0.3) is 0 Å². The molecule has 2 heterocycles. The van der Waals surface area contributed by atoms with Crippen molar-refractivity contribution >= 4 is 23.7 Å². The maximum absolute atomic E-state index is 12.9. The molecule has 1 aliphatic rings. The van der Waals surface area contributed by atoms with Gasteiger partial charge in [0.15, 0.2) is 11.5 Å². The molecule has 9 heteroatoms. The summed E-state index contributed by atoms with van der Waals surface area (Å²) in [4.78, 5) is 17.5. The van der Waals surface area contributed by atoms with Gasteiger partial charge in [0.25, 0.3) is 0 Å². The Morgan fingerprint density at radius 2 is 1.84 bits per heavy atom. The van der Waals surface area contributed by atoms with E-state index in [-0.39, 0.29) is 5.41 Å². The number of hydrogen-bond donors (Lipinski definition) is 1. The molecule has 1 N–H and O–H groups in total. The van der Waals surface area contributed by atoms with Gasteiger partial charge in [-0.2, -0.15) is 4.98 Å². The molecule has 0 bridgehead atoms. The van der Waals surface area contributed by atoms with E-state index >= 15 is 0 Å². The summed E-state index contributed by atoms with van der Waals surface area (Å²) in [5.41, 5.74) is 4.39. The van der Waals surface area contributed by atoms with Crippen LogP contribution in [0.15, 0.2) is 58.9 Å². The lowest BCUT2D eigenvalue weighted by molar-refractivity contribution is -0.136. The van der Waals surface area contributed by atoms with Gasteiger partial charge in [-0.25, -0.2) is 9.48 Å². The molecule has 0 spiro atoms. The molecule has 0 saturated carbocycles. The summed E-state index contributed by atoms with van der Waals surface area (Å²) >= 11 is 1.58. The number of fused-ring (bicyclic) bond motifs is 1. The summed E-state index contributed by atoms with van der Waals surface area (Å²) in [6, 6.07) is 13.6. The molecule has 2 aromatic carbocycles. The van der Waals surface area contributed by atoms with Crippen molar-refractivity contribution in [2.75, 3.05) is 25.3 Å². The minimum absolute atomic E-state index is 0.0995. The second-order valence-corrected chi connectivity index (χ2v) is 11.3. The molecule has 1 aliphatic heterocycles. The molecule has 0 amide bonds. The number of thioether (sulfide) groups is 1. The summed E-state index contributed by atoms with van der Waals surface area (Å²) < 4.78 is 18.7. The third-order valence-corrected chi connectivity index (χ3v) is 7.43. The van der Waals surface area contributed by atoms with Gasteiger partial charge < -0.3 is 19.5 Å². The van der Waals surface area contributed by atoms with Crippen molar-refractivity contribution in [1.29, 1.82) is 0 Å². The van der Waals surface area contributed by atoms with Crippen molar-refractivity contribution in [2.45, 2.75) is 64.3 Å². The molecule has 0 radical (unpaired) electrons. The van der Waals surface area contributed by atoms with Crippen molar-refractivity contribution in [1.82, 2.24) is 14.8 Å². The average molecular weight is 537 g/mol. The molecule has 8 nitrogen and oxygen atoms in total. The van der Waals surface area contributed by atoms with Crippen LogP contribution in [-0.2, 0) is 21.6 Å². The molecule has 4 rings (SSSR count). The van der Waals surface area contributed by atoms with Gasteiger partial charge in [-0.05, 0) is 47.6 Å². The van der Waals surface area contributed by atoms with Gasteiger partial charge in [0.1, 0.15) is 12.6 Å². The molecule has 0 fully saturated rings. The van der Waals surface area contributed by atoms with Crippen molar-refractivity contribution in [3.8, 4) is 11.5 Å². The first-order valence-corrected chi connectivity index (χ1v) is 13.7. The van der Waals surface area contributed by atoms with Crippen LogP contribution < -0.4 is 14.8 Å². The summed E-state index contributed by atoms with van der Waals surface area (Å²) in [7, 11) is 2.99. The lowest BCUT2D eigenvalue weighted by Crippen LogP contribution is -2.29. The van der Waals surface area contributed by atoms with Crippen LogP contribution in [0, 0.1) is 0 Å². The summed E-state index contributed by atoms with van der Waals surface area (Å²) in [5.74, 6) is 2.24. The van der Waals surface area contributed by atoms with E-state index in [4.69, 9.17) is 19.3 Å². The average Bonchev–Trinajstić information content (AvgIpc) is 3.31. The Bertz CT molecular complexity index is 1330. The first-order chi connectivity index (χ1) is 18.2. The van der Waals surface area contributed by atoms with E-state index in [2.05, 4.69) is 62.3 Å². The monoisotopic (exact) mass is 536 g/mol. The largest absolute Gasteiger partial charge is 0.493 e. The topological polar surface area (TPSA) is 87.5 Å². The van der Waals surface area contributed by atoms with Crippen molar-refractivity contribution in [3.05, 3.63) is 70.4 Å². The fourth-order valence-corrected chi connectivity index (χ4v) is 4.99. The second kappa shape index (κ2) is 11.5. The van der Waals surface area contributed by atoms with Crippen LogP contribution in [0.1, 0.15) is 63.8 Å². The maximum atomic E-state index is 12.9. The highest BCUT2D eigenvalue weighted by Crippen LogP contribution is 2.40. The first-order valence-electron chi connectivity index (χ1n) is 12.7. The Morgan fingerprint density at radius 3 is 2.47 bits per heavy atom. The van der Waals surface area contributed by atoms with Crippen LogP contribution in [0.4, 0.5) is 5.95 Å². The quantitative estimate of drug-likeness (QED) is 0.258. The van der Waals surface area contributed by atoms with E-state index in [1.54, 1.807) is 23.6 Å². The molecular weight excluding hydrogens is 500 g/mol. The summed E-state index contributed by atoms with van der Waals surface area (Å²) in [6.45, 7) is 11.0. The number of allylic oxidation sites excluding steroid dienone is 1. The van der Waals surface area contributed by atoms with Crippen molar-refractivity contribution in [2.24, 2.45) is 0 Å². The highest BCUT2D eigenvalue weighted by molar-refractivity contribution is 7.99. The lowest BCUT2D eigenvalue weighted by Gasteiger charge is -2.28. The molecular formula is C29H36N4O4S. The minimum Gasteiger partial charge on any atom is -0.493 e. The standard InChI is InChI=1S/C29H36N4O4S/c1-8-15-38-28-31-27-30-18(2)24(26(34)36-7)25(33(27)32-28)20-11-14-22(23(16-20)35-6)37-17-19-9-12-21(13-10-19)29(3,4)5/h9-14,16,25H,8,15,17H2,1-7H3,(H,30,31,32). The fourth-order valence-electron chi connectivity index (χ4n) is 4.30. The van der Waals surface area contributed by atoms with E-state index in [0.29, 0.717) is 40.5 Å². The predicted octanol–water partition coefficient (Wildman–Crippen LogP) is 6.13. The van der Waals surface area contributed by atoms with Crippen molar-refractivity contribution in [3.63, 3.8) is 0 Å². The number of esters is 1. The Hall–Kier alpha value is -3.46. The second-order valence-electron chi connectivity index (χ2n) is 10.2. The zero-order valence-corrected chi connectivity index (χ0v) is 23.9. The Kier molecular flexibility index (Phi) is 8.35. The zero-order chi connectivity index (χ0) is 27.4. The molecule has 1 atom stereocenters. The summed E-state index contributed by atoms with van der Waals surface area (Å²) in [5, 5.41) is 8.59. The van der Waals surface area contributed by atoms with E-state index in [0.717, 1.165) is 23.3 Å². The number of methoxy groups -OCH3 is 2. The van der Waals surface area contributed by atoms with Gasteiger partial charge >= 0.3 is 5.97 Å². The maximum Gasteiger partial charge on any atom is 0.338 e. The van der Waals surface area contributed by atoms with Crippen LogP contribution in [0.3, 0.4) is 0 Å². The van der Waals surface area contributed by atoms with Gasteiger partial charge in [0, 0.05) is 11.4 Å². The van der Waals surface area contributed by atoms with E-state index in [9.17, 15) is 4.79 Å². The molecule has 38 heavy (non-hydrogen) atoms. The Morgan fingerprint density at radius 1 is 1.11 bits per heavy atom. The third-order valence-electron chi connectivity index (χ3n) is 6.39. The molecule has 3 aromatic rings. The van der Waals surface area contributed by atoms with E-state index in [1.807, 2.05) is 25.1 Å². The zero-order valence-electron chi connectivity index (χ0n) is 23.1. The van der Waals surface area contributed by atoms with Gasteiger partial charge in [-0.3, -0.25) is 0 Å². The van der Waals surface area contributed by atoms with Crippen LogP contribution in [-0.4, -0.2) is 40.7 Å². The molecule has 202 valence electrons. The van der Waals surface area contributed by atoms with Crippen LogP contribution in [0.5, 0.6) is 11.5 Å². The highest BCUT2D eigenvalue weighted by Gasteiger charge is 2.35. The van der Waals surface area contributed by atoms with Gasteiger partial charge in [-0.1, -0.05) is 69.8 Å². The first kappa shape index (κ1) is 27.6. The number of rotatable bonds is 9. The predicted molar refractivity (Wildman–Crippen MR) is 150 cm³/mol. The number of nitrogens with one attached hydrogen (secondary N) is 1. The summed E-state index contributed by atoms with van der Waals surface area (Å²) in [6.07, 6.45) is 1.01. The van der Waals surface area contributed by atoms with Gasteiger partial charge in [-0.15, -0.1) is 5.10 Å². The number of hydrogen-bond acceptors (Lipinski definition) is 8. The number of carbonyl (C=O) groups excluding carboxylic acids is 1. The minimum atomic E-state index is -0.532.